The Kier molecular flexibility index (Phi) is 4.99. The fraction of sp³-hybridized carbons (Fsp3) is 0.333. The molecule has 0 amide bonds. The first-order valence-corrected chi connectivity index (χ1v) is 10.0. The fourth-order valence-corrected chi connectivity index (χ4v) is 4.38. The quantitative estimate of drug-likeness (QED) is 0.788. The minimum absolute atomic E-state index is 0.490. The summed E-state index contributed by atoms with van der Waals surface area (Å²) in [7, 11) is -4.05. The maximum absolute atomic E-state index is 14.0. The van der Waals surface area contributed by atoms with Crippen molar-refractivity contribution in [1.82, 2.24) is 0 Å². The third-order valence-electron chi connectivity index (χ3n) is 4.65. The number of thiol groups is 1. The van der Waals surface area contributed by atoms with Crippen LogP contribution in [0.1, 0.15) is 43.6 Å². The zero-order valence-electron chi connectivity index (χ0n) is 13.2. The fourth-order valence-electron chi connectivity index (χ4n) is 3.39. The molecule has 24 heavy (non-hydrogen) atoms. The number of rotatable bonds is 3. The SMILES string of the molecule is NS(=O)(=O)c1ccc(-c2ccc(C3CCCCC3)c(S)c2)cc1F. The Bertz CT molecular complexity index is 859. The zero-order valence-corrected chi connectivity index (χ0v) is 14.9. The van der Waals surface area contributed by atoms with Crippen molar-refractivity contribution < 1.29 is 12.8 Å². The van der Waals surface area contributed by atoms with Gasteiger partial charge in [-0.3, -0.25) is 0 Å². The molecular formula is C18H20FNO2S2. The van der Waals surface area contributed by atoms with Crippen LogP contribution in [-0.4, -0.2) is 8.42 Å². The molecular weight excluding hydrogens is 345 g/mol. The van der Waals surface area contributed by atoms with Gasteiger partial charge in [0.2, 0.25) is 10.0 Å². The topological polar surface area (TPSA) is 60.2 Å². The Balaban J connectivity index is 1.93. The number of nitrogens with two attached hydrogens (primary N) is 1. The van der Waals surface area contributed by atoms with Crippen molar-refractivity contribution in [2.45, 2.75) is 47.8 Å². The van der Waals surface area contributed by atoms with Crippen LogP contribution in [0.5, 0.6) is 0 Å². The van der Waals surface area contributed by atoms with E-state index in [1.807, 2.05) is 12.1 Å². The molecule has 2 N–H and O–H groups in total. The number of hydrogen-bond donors (Lipinski definition) is 2. The molecule has 1 aliphatic rings. The van der Waals surface area contributed by atoms with Crippen molar-refractivity contribution in [3.63, 3.8) is 0 Å². The molecule has 0 unspecified atom stereocenters. The van der Waals surface area contributed by atoms with Gasteiger partial charge >= 0.3 is 0 Å². The molecule has 128 valence electrons. The molecule has 3 rings (SSSR count). The van der Waals surface area contributed by atoms with E-state index in [0.29, 0.717) is 11.5 Å². The van der Waals surface area contributed by atoms with Crippen LogP contribution in [0, 0.1) is 5.82 Å². The first-order chi connectivity index (χ1) is 11.4. The highest BCUT2D eigenvalue weighted by Gasteiger charge is 2.19. The summed E-state index contributed by atoms with van der Waals surface area (Å²) in [5.74, 6) is -0.297. The molecule has 0 bridgehead atoms. The van der Waals surface area contributed by atoms with Gasteiger partial charge in [-0.1, -0.05) is 37.5 Å². The number of halogens is 1. The second-order valence-corrected chi connectivity index (χ2v) is 8.31. The largest absolute Gasteiger partial charge is 0.240 e. The van der Waals surface area contributed by atoms with Crippen LogP contribution in [0.15, 0.2) is 46.2 Å². The average molecular weight is 365 g/mol. The molecule has 0 spiro atoms. The molecule has 0 heterocycles. The minimum atomic E-state index is -4.05. The van der Waals surface area contributed by atoms with E-state index in [-0.39, 0.29) is 0 Å². The molecule has 2 aromatic carbocycles. The summed E-state index contributed by atoms with van der Waals surface area (Å²) in [6, 6.07) is 9.87. The Morgan fingerprint density at radius 3 is 2.21 bits per heavy atom. The van der Waals surface area contributed by atoms with Gasteiger partial charge in [0.15, 0.2) is 0 Å². The van der Waals surface area contributed by atoms with Crippen molar-refractivity contribution in [2.24, 2.45) is 5.14 Å². The third kappa shape index (κ3) is 3.66. The molecule has 1 aliphatic carbocycles. The van der Waals surface area contributed by atoms with Gasteiger partial charge < -0.3 is 0 Å². The van der Waals surface area contributed by atoms with Crippen LogP contribution in [-0.2, 0) is 10.0 Å². The van der Waals surface area contributed by atoms with E-state index in [1.165, 1.54) is 49.8 Å². The summed E-state index contributed by atoms with van der Waals surface area (Å²) in [5.41, 5.74) is 2.65. The van der Waals surface area contributed by atoms with E-state index >= 15 is 0 Å². The Morgan fingerprint density at radius 1 is 1.00 bits per heavy atom. The summed E-state index contributed by atoms with van der Waals surface area (Å²) >= 11 is 4.61. The van der Waals surface area contributed by atoms with E-state index in [4.69, 9.17) is 5.14 Å². The Hall–Kier alpha value is -1.37. The molecule has 6 heteroatoms. The van der Waals surface area contributed by atoms with E-state index in [2.05, 4.69) is 18.7 Å². The molecule has 1 saturated carbocycles. The normalized spacial score (nSPS) is 16.3. The summed E-state index contributed by atoms with van der Waals surface area (Å²) < 4.78 is 36.6. The number of hydrogen-bond acceptors (Lipinski definition) is 3. The number of sulfonamides is 1. The molecule has 0 atom stereocenters. The van der Waals surface area contributed by atoms with Crippen molar-refractivity contribution in [2.75, 3.05) is 0 Å². The smallest absolute Gasteiger partial charge is 0.225 e. The Morgan fingerprint density at radius 2 is 1.62 bits per heavy atom. The average Bonchev–Trinajstić information content (AvgIpc) is 2.54. The third-order valence-corrected chi connectivity index (χ3v) is 5.98. The maximum atomic E-state index is 14.0. The first-order valence-electron chi connectivity index (χ1n) is 8.02. The van der Waals surface area contributed by atoms with Gasteiger partial charge in [-0.15, -0.1) is 12.6 Å². The summed E-state index contributed by atoms with van der Waals surface area (Å²) in [6.45, 7) is 0. The van der Waals surface area contributed by atoms with Crippen LogP contribution in [0.25, 0.3) is 11.1 Å². The lowest BCUT2D eigenvalue weighted by Gasteiger charge is -2.23. The second-order valence-electron chi connectivity index (χ2n) is 6.30. The van der Waals surface area contributed by atoms with E-state index in [0.717, 1.165) is 10.5 Å². The highest BCUT2D eigenvalue weighted by atomic mass is 32.2. The van der Waals surface area contributed by atoms with Gasteiger partial charge in [-0.25, -0.2) is 17.9 Å². The monoisotopic (exact) mass is 365 g/mol. The summed E-state index contributed by atoms with van der Waals surface area (Å²) in [4.78, 5) is 0.409. The molecule has 3 nitrogen and oxygen atoms in total. The summed E-state index contributed by atoms with van der Waals surface area (Å²) in [6.07, 6.45) is 6.17. The predicted molar refractivity (Wildman–Crippen MR) is 96.3 cm³/mol. The molecule has 0 radical (unpaired) electrons. The lowest BCUT2D eigenvalue weighted by atomic mass is 9.83. The zero-order chi connectivity index (χ0) is 17.3. The van der Waals surface area contributed by atoms with Crippen molar-refractivity contribution in [3.8, 4) is 11.1 Å². The first kappa shape index (κ1) is 17.5. The van der Waals surface area contributed by atoms with Gasteiger partial charge in [0.1, 0.15) is 10.7 Å². The summed E-state index contributed by atoms with van der Waals surface area (Å²) in [5, 5.41) is 4.99. The van der Waals surface area contributed by atoms with Gasteiger partial charge in [0.25, 0.3) is 0 Å². The van der Waals surface area contributed by atoms with Gasteiger partial charge in [-0.2, -0.15) is 0 Å². The van der Waals surface area contributed by atoms with Crippen molar-refractivity contribution in [3.05, 3.63) is 47.8 Å². The van der Waals surface area contributed by atoms with Gasteiger partial charge in [0, 0.05) is 4.90 Å². The lowest BCUT2D eigenvalue weighted by molar-refractivity contribution is 0.440. The maximum Gasteiger partial charge on any atom is 0.240 e. The second kappa shape index (κ2) is 6.86. The molecule has 1 fully saturated rings. The highest BCUT2D eigenvalue weighted by Crippen LogP contribution is 2.37. The van der Waals surface area contributed by atoms with Crippen molar-refractivity contribution in [1.29, 1.82) is 0 Å². The Labute approximate surface area is 147 Å². The van der Waals surface area contributed by atoms with Crippen LogP contribution >= 0.6 is 12.6 Å². The van der Waals surface area contributed by atoms with Crippen LogP contribution < -0.4 is 5.14 Å². The van der Waals surface area contributed by atoms with Gasteiger partial charge in [0.05, 0.1) is 0 Å². The van der Waals surface area contributed by atoms with Crippen LogP contribution in [0.2, 0.25) is 0 Å². The number of benzene rings is 2. The van der Waals surface area contributed by atoms with Crippen LogP contribution in [0.3, 0.4) is 0 Å². The number of primary sulfonamides is 1. The predicted octanol–water partition coefficient (Wildman–Crippen LogP) is 4.48. The van der Waals surface area contributed by atoms with Gasteiger partial charge in [-0.05, 0) is 53.6 Å². The van der Waals surface area contributed by atoms with E-state index in [1.54, 1.807) is 6.07 Å². The highest BCUT2D eigenvalue weighted by molar-refractivity contribution is 7.89. The molecule has 0 saturated heterocycles. The van der Waals surface area contributed by atoms with Crippen molar-refractivity contribution >= 4 is 22.7 Å². The standard InChI is InChI=1S/C18H20FNO2S2/c19-16-10-13(7-9-18(16)24(20,21)22)14-6-8-15(17(23)11-14)12-4-2-1-3-5-12/h6-12,23H,1-5H2,(H2,20,21,22). The van der Waals surface area contributed by atoms with E-state index in [9.17, 15) is 12.8 Å². The lowest BCUT2D eigenvalue weighted by Crippen LogP contribution is -2.13. The van der Waals surface area contributed by atoms with Crippen LogP contribution in [0.4, 0.5) is 4.39 Å². The molecule has 2 aromatic rings. The molecule has 0 aromatic heterocycles. The minimum Gasteiger partial charge on any atom is -0.225 e. The molecule has 0 aliphatic heterocycles. The van der Waals surface area contributed by atoms with E-state index < -0.39 is 20.7 Å².